The summed E-state index contributed by atoms with van der Waals surface area (Å²) in [5.74, 6) is -0.683. The molecule has 1 aromatic carbocycles. The van der Waals surface area contributed by atoms with Gasteiger partial charge in [-0.2, -0.15) is 0 Å². The Morgan fingerprint density at radius 2 is 2.08 bits per heavy atom. The zero-order valence-corrected chi connectivity index (χ0v) is 14.0. The largest absolute Gasteiger partial charge is 0.392 e. The molecular formula is C17H25N3O4. The summed E-state index contributed by atoms with van der Waals surface area (Å²) < 4.78 is 0. The Kier molecular flexibility index (Phi) is 6.28. The van der Waals surface area contributed by atoms with E-state index in [9.17, 15) is 20.0 Å². The maximum Gasteiger partial charge on any atom is 0.274 e. The number of amides is 1. The Hall–Kier alpha value is -1.99. The van der Waals surface area contributed by atoms with E-state index in [1.165, 1.54) is 18.6 Å². The van der Waals surface area contributed by atoms with Crippen molar-refractivity contribution in [2.75, 3.05) is 6.54 Å². The van der Waals surface area contributed by atoms with E-state index < -0.39 is 16.9 Å². The number of primary amides is 1. The molecule has 3 N–H and O–H groups in total. The molecule has 0 radical (unpaired) electrons. The molecule has 1 aromatic rings. The third-order valence-electron chi connectivity index (χ3n) is 4.53. The molecule has 1 aliphatic rings. The Balaban J connectivity index is 2.26. The first-order valence-corrected chi connectivity index (χ1v) is 8.37. The van der Waals surface area contributed by atoms with Gasteiger partial charge in [-0.15, -0.1) is 0 Å². The Bertz CT molecular complexity index is 597. The maximum atomic E-state index is 11.4. The summed E-state index contributed by atoms with van der Waals surface area (Å²) in [4.78, 5) is 24.3. The van der Waals surface area contributed by atoms with Crippen LogP contribution < -0.4 is 5.73 Å². The number of hydrogen-bond donors (Lipinski definition) is 2. The van der Waals surface area contributed by atoms with Crippen LogP contribution in [-0.2, 0) is 6.54 Å². The zero-order valence-electron chi connectivity index (χ0n) is 14.0. The molecule has 1 saturated carbocycles. The van der Waals surface area contributed by atoms with Gasteiger partial charge < -0.3 is 10.8 Å². The molecule has 0 aliphatic heterocycles. The number of nitro benzene ring substituents is 1. The lowest BCUT2D eigenvalue weighted by Gasteiger charge is -2.35. The summed E-state index contributed by atoms with van der Waals surface area (Å²) >= 11 is 0. The van der Waals surface area contributed by atoms with Crippen LogP contribution in [0.3, 0.4) is 0 Å². The second-order valence-corrected chi connectivity index (χ2v) is 6.54. The van der Waals surface area contributed by atoms with Gasteiger partial charge in [-0.1, -0.05) is 25.3 Å². The highest BCUT2D eigenvalue weighted by molar-refractivity contribution is 5.93. The molecule has 1 unspecified atom stereocenters. The van der Waals surface area contributed by atoms with Gasteiger partial charge in [-0.3, -0.25) is 19.8 Å². The average molecular weight is 335 g/mol. The van der Waals surface area contributed by atoms with Crippen LogP contribution in [0.5, 0.6) is 0 Å². The highest BCUT2D eigenvalue weighted by atomic mass is 16.6. The van der Waals surface area contributed by atoms with Gasteiger partial charge in [-0.25, -0.2) is 0 Å². The van der Waals surface area contributed by atoms with E-state index in [2.05, 4.69) is 4.90 Å². The van der Waals surface area contributed by atoms with Gasteiger partial charge in [0.15, 0.2) is 0 Å². The number of benzene rings is 1. The molecule has 0 spiro atoms. The molecule has 0 bridgehead atoms. The molecular weight excluding hydrogens is 310 g/mol. The Labute approximate surface area is 141 Å². The number of rotatable bonds is 7. The highest BCUT2D eigenvalue weighted by Gasteiger charge is 2.25. The molecule has 1 fully saturated rings. The van der Waals surface area contributed by atoms with Gasteiger partial charge in [0.1, 0.15) is 0 Å². The molecule has 7 nitrogen and oxygen atoms in total. The Morgan fingerprint density at radius 1 is 1.42 bits per heavy atom. The lowest BCUT2D eigenvalue weighted by atomic mass is 9.93. The predicted octanol–water partition coefficient (Wildman–Crippen LogP) is 2.21. The number of carbonyl (C=O) groups is 1. The van der Waals surface area contributed by atoms with E-state index in [0.717, 1.165) is 25.7 Å². The van der Waals surface area contributed by atoms with E-state index in [1.54, 1.807) is 13.0 Å². The third-order valence-corrected chi connectivity index (χ3v) is 4.53. The smallest absolute Gasteiger partial charge is 0.274 e. The van der Waals surface area contributed by atoms with E-state index in [0.29, 0.717) is 24.7 Å². The van der Waals surface area contributed by atoms with Crippen LogP contribution in [0.15, 0.2) is 18.2 Å². The third kappa shape index (κ3) is 4.75. The summed E-state index contributed by atoms with van der Waals surface area (Å²) in [6, 6.07) is 4.67. The minimum absolute atomic E-state index is 0.0993. The lowest BCUT2D eigenvalue weighted by molar-refractivity contribution is -0.385. The van der Waals surface area contributed by atoms with E-state index in [4.69, 9.17) is 5.73 Å². The molecule has 0 saturated heterocycles. The van der Waals surface area contributed by atoms with Crippen molar-refractivity contribution in [1.82, 2.24) is 4.90 Å². The highest BCUT2D eigenvalue weighted by Crippen LogP contribution is 2.27. The van der Waals surface area contributed by atoms with Crippen LogP contribution in [0, 0.1) is 10.1 Å². The van der Waals surface area contributed by atoms with Gasteiger partial charge in [0.05, 0.1) is 11.0 Å². The number of hydrogen-bond acceptors (Lipinski definition) is 5. The lowest BCUT2D eigenvalue weighted by Crippen LogP contribution is -2.40. The second-order valence-electron chi connectivity index (χ2n) is 6.54. The molecule has 1 amide bonds. The predicted molar refractivity (Wildman–Crippen MR) is 90.6 cm³/mol. The quantitative estimate of drug-likeness (QED) is 0.586. The molecule has 7 heteroatoms. The monoisotopic (exact) mass is 335 g/mol. The van der Waals surface area contributed by atoms with Crippen molar-refractivity contribution in [2.24, 2.45) is 5.73 Å². The van der Waals surface area contributed by atoms with Crippen LogP contribution in [-0.4, -0.2) is 39.5 Å². The van der Waals surface area contributed by atoms with Crippen molar-refractivity contribution < 1.29 is 14.8 Å². The summed E-state index contributed by atoms with van der Waals surface area (Å²) in [6.07, 6.45) is 5.08. The number of nitrogens with zero attached hydrogens (tertiary/aromatic N) is 2. The molecule has 1 aliphatic carbocycles. The molecule has 2 rings (SSSR count). The van der Waals surface area contributed by atoms with Gasteiger partial charge in [0, 0.05) is 36.3 Å². The number of nitrogens with two attached hydrogens (primary N) is 1. The van der Waals surface area contributed by atoms with Crippen molar-refractivity contribution >= 4 is 11.6 Å². The topological polar surface area (TPSA) is 110 Å². The van der Waals surface area contributed by atoms with Crippen LogP contribution in [0.1, 0.15) is 54.9 Å². The number of carbonyl (C=O) groups excluding carboxylic acids is 1. The van der Waals surface area contributed by atoms with Crippen molar-refractivity contribution in [2.45, 2.75) is 57.7 Å². The van der Waals surface area contributed by atoms with Crippen molar-refractivity contribution in [1.29, 1.82) is 0 Å². The van der Waals surface area contributed by atoms with Crippen LogP contribution >= 0.6 is 0 Å². The number of nitro groups is 1. The minimum Gasteiger partial charge on any atom is -0.392 e. The summed E-state index contributed by atoms with van der Waals surface area (Å²) in [5.41, 5.74) is 5.78. The van der Waals surface area contributed by atoms with Gasteiger partial charge in [0.25, 0.3) is 5.69 Å². The van der Waals surface area contributed by atoms with Gasteiger partial charge in [0.2, 0.25) is 5.91 Å². The number of aliphatic hydroxyl groups is 1. The van der Waals surface area contributed by atoms with Crippen molar-refractivity contribution in [3.8, 4) is 0 Å². The van der Waals surface area contributed by atoms with E-state index >= 15 is 0 Å². The first kappa shape index (κ1) is 18.4. The molecule has 132 valence electrons. The summed E-state index contributed by atoms with van der Waals surface area (Å²) in [5, 5.41) is 21.2. The van der Waals surface area contributed by atoms with Crippen molar-refractivity contribution in [3.05, 3.63) is 39.4 Å². The first-order chi connectivity index (χ1) is 11.4. The van der Waals surface area contributed by atoms with Crippen LogP contribution in [0.2, 0.25) is 0 Å². The standard InChI is InChI=1S/C17H25N3O4/c1-12(21)10-19(15-5-3-2-4-6-15)11-14-8-7-13(17(18)22)9-16(14)20(23)24/h7-9,12,15,21H,2-6,10-11H2,1H3,(H2,18,22). The molecule has 1 atom stereocenters. The normalized spacial score (nSPS) is 17.0. The maximum absolute atomic E-state index is 11.4. The molecule has 0 heterocycles. The van der Waals surface area contributed by atoms with E-state index in [1.807, 2.05) is 0 Å². The molecule has 24 heavy (non-hydrogen) atoms. The van der Waals surface area contributed by atoms with Crippen molar-refractivity contribution in [3.63, 3.8) is 0 Å². The second kappa shape index (κ2) is 8.21. The fraction of sp³-hybridized carbons (Fsp3) is 0.588. The first-order valence-electron chi connectivity index (χ1n) is 8.37. The number of aliphatic hydroxyl groups excluding tert-OH is 1. The SMILES string of the molecule is CC(O)CN(Cc1ccc(C(N)=O)cc1[N+](=O)[O-])C1CCCCC1. The van der Waals surface area contributed by atoms with Crippen LogP contribution in [0.25, 0.3) is 0 Å². The molecule has 0 aromatic heterocycles. The van der Waals surface area contributed by atoms with Gasteiger partial charge >= 0.3 is 0 Å². The Morgan fingerprint density at radius 3 is 2.62 bits per heavy atom. The van der Waals surface area contributed by atoms with E-state index in [-0.39, 0.29) is 11.3 Å². The summed E-state index contributed by atoms with van der Waals surface area (Å²) in [6.45, 7) is 2.57. The van der Waals surface area contributed by atoms with Gasteiger partial charge in [-0.05, 0) is 25.8 Å². The van der Waals surface area contributed by atoms with Crippen LogP contribution in [0.4, 0.5) is 5.69 Å². The fourth-order valence-corrected chi connectivity index (χ4v) is 3.37. The fourth-order valence-electron chi connectivity index (χ4n) is 3.37. The zero-order chi connectivity index (χ0) is 17.7. The average Bonchev–Trinajstić information content (AvgIpc) is 2.54. The summed E-state index contributed by atoms with van der Waals surface area (Å²) in [7, 11) is 0. The minimum atomic E-state index is -0.683.